The maximum atomic E-state index is 12.3. The zero-order valence-electron chi connectivity index (χ0n) is 15.4. The molecule has 1 aromatic heterocycles. The third-order valence-corrected chi connectivity index (χ3v) is 4.80. The molecule has 1 aliphatic heterocycles. The maximum absolute atomic E-state index is 12.3. The molecule has 0 spiro atoms. The number of fused-ring (bicyclic) bond motifs is 1. The minimum atomic E-state index is -0.735. The summed E-state index contributed by atoms with van der Waals surface area (Å²) in [7, 11) is 0. The van der Waals surface area contributed by atoms with Gasteiger partial charge in [-0.15, -0.1) is 0 Å². The van der Waals surface area contributed by atoms with E-state index in [2.05, 4.69) is 10.2 Å². The molecule has 1 atom stereocenters. The van der Waals surface area contributed by atoms with Crippen LogP contribution >= 0.6 is 11.6 Å². The summed E-state index contributed by atoms with van der Waals surface area (Å²) in [6.07, 6.45) is -0.735. The van der Waals surface area contributed by atoms with Crippen LogP contribution < -0.4 is 15.7 Å². The predicted molar refractivity (Wildman–Crippen MR) is 103 cm³/mol. The Morgan fingerprint density at radius 3 is 2.81 bits per heavy atom. The molecule has 1 fully saturated rings. The SMILES string of the molecule is Cc1cc(=O)oc2cc(OC(C)C(=O)NCCN3CCOCC3)c(Cl)cc12. The van der Waals surface area contributed by atoms with Gasteiger partial charge < -0.3 is 19.2 Å². The van der Waals surface area contributed by atoms with Gasteiger partial charge in [0, 0.05) is 43.7 Å². The molecule has 1 N–H and O–H groups in total. The number of amides is 1. The molecule has 1 aromatic carbocycles. The van der Waals surface area contributed by atoms with Crippen molar-refractivity contribution in [3.8, 4) is 5.75 Å². The van der Waals surface area contributed by atoms with Crippen LogP contribution in [0.4, 0.5) is 0 Å². The Labute approximate surface area is 162 Å². The zero-order chi connectivity index (χ0) is 19.4. The Kier molecular flexibility index (Phi) is 6.36. The molecule has 8 heteroatoms. The van der Waals surface area contributed by atoms with E-state index >= 15 is 0 Å². The third kappa shape index (κ3) is 5.00. The molecule has 0 bridgehead atoms. The van der Waals surface area contributed by atoms with E-state index in [9.17, 15) is 9.59 Å². The molecule has 0 saturated carbocycles. The van der Waals surface area contributed by atoms with E-state index in [1.54, 1.807) is 26.0 Å². The molecule has 3 rings (SSSR count). The molecular weight excluding hydrogens is 372 g/mol. The Bertz CT molecular complexity index is 876. The summed E-state index contributed by atoms with van der Waals surface area (Å²) in [4.78, 5) is 26.1. The van der Waals surface area contributed by atoms with E-state index in [-0.39, 0.29) is 5.91 Å². The number of hydrogen-bond acceptors (Lipinski definition) is 6. The van der Waals surface area contributed by atoms with Gasteiger partial charge >= 0.3 is 5.63 Å². The van der Waals surface area contributed by atoms with Crippen LogP contribution in [0, 0.1) is 6.92 Å². The lowest BCUT2D eigenvalue weighted by Crippen LogP contribution is -2.43. The first-order valence-electron chi connectivity index (χ1n) is 8.92. The summed E-state index contributed by atoms with van der Waals surface area (Å²) < 4.78 is 16.2. The second-order valence-corrected chi connectivity index (χ2v) is 6.94. The molecule has 146 valence electrons. The van der Waals surface area contributed by atoms with Crippen molar-refractivity contribution in [3.63, 3.8) is 0 Å². The van der Waals surface area contributed by atoms with E-state index in [0.717, 1.165) is 43.8 Å². The van der Waals surface area contributed by atoms with Crippen LogP contribution in [-0.2, 0) is 9.53 Å². The first kappa shape index (κ1) is 19.7. The monoisotopic (exact) mass is 394 g/mol. The highest BCUT2D eigenvalue weighted by Crippen LogP contribution is 2.31. The van der Waals surface area contributed by atoms with Crippen LogP contribution in [0.15, 0.2) is 27.4 Å². The number of carbonyl (C=O) groups excluding carboxylic acids is 1. The lowest BCUT2D eigenvalue weighted by molar-refractivity contribution is -0.127. The summed E-state index contributed by atoms with van der Waals surface area (Å²) in [5.41, 5.74) is 0.699. The van der Waals surface area contributed by atoms with Gasteiger partial charge in [0.05, 0.1) is 18.2 Å². The molecule has 2 aromatic rings. The molecule has 1 amide bonds. The number of carbonyl (C=O) groups is 1. The van der Waals surface area contributed by atoms with Gasteiger partial charge in [-0.05, 0) is 25.5 Å². The molecule has 0 aliphatic carbocycles. The molecule has 1 unspecified atom stereocenters. The number of benzene rings is 1. The second-order valence-electron chi connectivity index (χ2n) is 6.53. The van der Waals surface area contributed by atoms with Gasteiger partial charge in [-0.2, -0.15) is 0 Å². The zero-order valence-corrected chi connectivity index (χ0v) is 16.2. The van der Waals surface area contributed by atoms with Crippen LogP contribution in [-0.4, -0.2) is 56.3 Å². The fourth-order valence-electron chi connectivity index (χ4n) is 2.96. The Balaban J connectivity index is 1.60. The maximum Gasteiger partial charge on any atom is 0.336 e. The fourth-order valence-corrected chi connectivity index (χ4v) is 3.17. The molecule has 2 heterocycles. The molecule has 1 saturated heterocycles. The van der Waals surface area contributed by atoms with Crippen LogP contribution in [0.25, 0.3) is 11.0 Å². The Morgan fingerprint density at radius 2 is 2.07 bits per heavy atom. The number of nitrogens with one attached hydrogen (secondary N) is 1. The van der Waals surface area contributed by atoms with E-state index in [0.29, 0.717) is 22.9 Å². The Hall–Kier alpha value is -2.09. The van der Waals surface area contributed by atoms with E-state index in [1.165, 1.54) is 6.07 Å². The standard InChI is InChI=1S/C19H23ClN2O5/c1-12-9-18(23)27-16-11-17(15(20)10-14(12)16)26-13(2)19(24)21-3-4-22-5-7-25-8-6-22/h9-11,13H,3-8H2,1-2H3,(H,21,24). The third-order valence-electron chi connectivity index (χ3n) is 4.51. The van der Waals surface area contributed by atoms with Crippen LogP contribution in [0.3, 0.4) is 0 Å². The van der Waals surface area contributed by atoms with Gasteiger partial charge in [-0.3, -0.25) is 9.69 Å². The minimum Gasteiger partial charge on any atom is -0.479 e. The summed E-state index contributed by atoms with van der Waals surface area (Å²) in [5, 5.41) is 3.95. The number of nitrogens with zero attached hydrogens (tertiary/aromatic N) is 1. The quantitative estimate of drug-likeness (QED) is 0.754. The minimum absolute atomic E-state index is 0.231. The molecular formula is C19H23ClN2O5. The van der Waals surface area contributed by atoms with Crippen molar-refractivity contribution in [1.82, 2.24) is 10.2 Å². The van der Waals surface area contributed by atoms with Gasteiger partial charge in [0.1, 0.15) is 11.3 Å². The van der Waals surface area contributed by atoms with Gasteiger partial charge in [0.15, 0.2) is 6.10 Å². The largest absolute Gasteiger partial charge is 0.479 e. The van der Waals surface area contributed by atoms with Gasteiger partial charge in [-0.1, -0.05) is 11.6 Å². The molecule has 0 radical (unpaired) electrons. The molecule has 7 nitrogen and oxygen atoms in total. The highest BCUT2D eigenvalue weighted by Gasteiger charge is 2.18. The van der Waals surface area contributed by atoms with Crippen molar-refractivity contribution >= 4 is 28.5 Å². The number of ether oxygens (including phenoxy) is 2. The van der Waals surface area contributed by atoms with Crippen molar-refractivity contribution in [3.05, 3.63) is 39.2 Å². The normalized spacial score (nSPS) is 16.3. The first-order chi connectivity index (χ1) is 12.9. The van der Waals surface area contributed by atoms with E-state index < -0.39 is 11.7 Å². The smallest absolute Gasteiger partial charge is 0.336 e. The fraction of sp³-hybridized carbons (Fsp3) is 0.474. The van der Waals surface area contributed by atoms with Crippen LogP contribution in [0.1, 0.15) is 12.5 Å². The van der Waals surface area contributed by atoms with Crippen LogP contribution in [0.5, 0.6) is 5.75 Å². The summed E-state index contributed by atoms with van der Waals surface area (Å²) in [6, 6.07) is 4.63. The van der Waals surface area contributed by atoms with Gasteiger partial charge in [0.2, 0.25) is 0 Å². The molecule has 27 heavy (non-hydrogen) atoms. The number of halogens is 1. The first-order valence-corrected chi connectivity index (χ1v) is 9.30. The summed E-state index contributed by atoms with van der Waals surface area (Å²) in [5.74, 6) is 0.0684. The van der Waals surface area contributed by atoms with E-state index in [4.69, 9.17) is 25.5 Å². The lowest BCUT2D eigenvalue weighted by atomic mass is 10.1. The molecule has 1 aliphatic rings. The highest BCUT2D eigenvalue weighted by atomic mass is 35.5. The number of aryl methyl sites for hydroxylation is 1. The highest BCUT2D eigenvalue weighted by molar-refractivity contribution is 6.32. The van der Waals surface area contributed by atoms with Gasteiger partial charge in [-0.25, -0.2) is 4.79 Å². The van der Waals surface area contributed by atoms with Crippen molar-refractivity contribution in [2.75, 3.05) is 39.4 Å². The average molecular weight is 395 g/mol. The number of hydrogen-bond donors (Lipinski definition) is 1. The van der Waals surface area contributed by atoms with Crippen LogP contribution in [0.2, 0.25) is 5.02 Å². The number of morpholine rings is 1. The second kappa shape index (κ2) is 8.73. The van der Waals surface area contributed by atoms with Crippen molar-refractivity contribution < 1.29 is 18.7 Å². The van der Waals surface area contributed by atoms with Crippen molar-refractivity contribution in [2.45, 2.75) is 20.0 Å². The van der Waals surface area contributed by atoms with E-state index in [1.807, 2.05) is 0 Å². The Morgan fingerprint density at radius 1 is 1.33 bits per heavy atom. The van der Waals surface area contributed by atoms with Gasteiger partial charge in [0.25, 0.3) is 5.91 Å². The van der Waals surface area contributed by atoms with Crippen molar-refractivity contribution in [2.24, 2.45) is 0 Å². The summed E-state index contributed by atoms with van der Waals surface area (Å²) >= 11 is 6.27. The lowest BCUT2D eigenvalue weighted by Gasteiger charge is -2.26. The van der Waals surface area contributed by atoms with Crippen molar-refractivity contribution in [1.29, 1.82) is 0 Å². The average Bonchev–Trinajstić information content (AvgIpc) is 2.64. The topological polar surface area (TPSA) is 81.0 Å². The number of rotatable bonds is 6. The summed E-state index contributed by atoms with van der Waals surface area (Å²) in [6.45, 7) is 7.96. The predicted octanol–water partition coefficient (Wildman–Crippen LogP) is 1.97.